The number of benzene rings is 1. The highest BCUT2D eigenvalue weighted by Gasteiger charge is 2.19. The van der Waals surface area contributed by atoms with E-state index < -0.39 is 0 Å². The predicted molar refractivity (Wildman–Crippen MR) is 94.8 cm³/mol. The minimum atomic E-state index is 0. The highest BCUT2D eigenvalue weighted by atomic mass is 79.9. The van der Waals surface area contributed by atoms with E-state index in [0.717, 1.165) is 36.0 Å². The first-order valence-electron chi connectivity index (χ1n) is 7.51. The minimum absolute atomic E-state index is 0. The molecule has 1 atom stereocenters. The summed E-state index contributed by atoms with van der Waals surface area (Å²) >= 11 is 3.44. The Balaban J connectivity index is 0.00000169. The van der Waals surface area contributed by atoms with Gasteiger partial charge >= 0.3 is 0 Å². The van der Waals surface area contributed by atoms with Crippen molar-refractivity contribution in [3.63, 3.8) is 0 Å². The average molecular weight is 412 g/mol. The monoisotopic (exact) mass is 410 g/mol. The van der Waals surface area contributed by atoms with Gasteiger partial charge in [0.2, 0.25) is 11.6 Å². The molecule has 1 aromatic carbocycles. The van der Waals surface area contributed by atoms with Crippen LogP contribution in [0.25, 0.3) is 23.1 Å². The molecule has 1 N–H and O–H groups in total. The fraction of sp³-hybridized carbons (Fsp3) is 0.333. The normalized spacial score (nSPS) is 17.5. The van der Waals surface area contributed by atoms with Crippen molar-refractivity contribution >= 4 is 28.3 Å². The van der Waals surface area contributed by atoms with Crippen LogP contribution in [0.4, 0.5) is 0 Å². The van der Waals surface area contributed by atoms with Gasteiger partial charge < -0.3 is 9.84 Å². The van der Waals surface area contributed by atoms with Gasteiger partial charge in [0.05, 0.1) is 6.04 Å². The highest BCUT2D eigenvalue weighted by Crippen LogP contribution is 2.23. The molecular weight excluding hydrogens is 396 g/mol. The maximum absolute atomic E-state index is 5.32. The summed E-state index contributed by atoms with van der Waals surface area (Å²) in [6, 6.07) is 8.08. The van der Waals surface area contributed by atoms with E-state index in [2.05, 4.69) is 41.5 Å². The number of nitrogens with zero attached hydrogens (tertiary/aromatic N) is 5. The summed E-state index contributed by atoms with van der Waals surface area (Å²) in [6.45, 7) is 1.98. The lowest BCUT2D eigenvalue weighted by Crippen LogP contribution is -2.31. The second-order valence-electron chi connectivity index (χ2n) is 5.48. The van der Waals surface area contributed by atoms with Crippen LogP contribution in [0.5, 0.6) is 0 Å². The van der Waals surface area contributed by atoms with Gasteiger partial charge in [0.1, 0.15) is 6.33 Å². The minimum Gasteiger partial charge on any atom is -0.330 e. The Morgan fingerprint density at radius 2 is 2.21 bits per heavy atom. The van der Waals surface area contributed by atoms with Crippen LogP contribution in [0.15, 0.2) is 39.6 Å². The molecule has 0 amide bonds. The smallest absolute Gasteiger partial charge is 0.297 e. The molecule has 0 aliphatic carbocycles. The predicted octanol–water partition coefficient (Wildman–Crippen LogP) is 3.10. The second-order valence-corrected chi connectivity index (χ2v) is 6.40. The molecule has 1 aliphatic heterocycles. The summed E-state index contributed by atoms with van der Waals surface area (Å²) < 4.78 is 8.16. The first-order valence-corrected chi connectivity index (χ1v) is 8.31. The van der Waals surface area contributed by atoms with Gasteiger partial charge in [-0.25, -0.2) is 9.67 Å². The topological polar surface area (TPSA) is 81.7 Å². The van der Waals surface area contributed by atoms with Crippen LogP contribution in [0.3, 0.4) is 0 Å². The van der Waals surface area contributed by atoms with Gasteiger partial charge in [-0.3, -0.25) is 0 Å². The van der Waals surface area contributed by atoms with Gasteiger partial charge in [-0.2, -0.15) is 4.98 Å². The lowest BCUT2D eigenvalue weighted by atomic mass is 10.1. The molecule has 2 aromatic heterocycles. The number of hydrogen-bond acceptors (Lipinski definition) is 6. The summed E-state index contributed by atoms with van der Waals surface area (Å²) in [4.78, 5) is 8.70. The van der Waals surface area contributed by atoms with Crippen molar-refractivity contribution in [2.24, 2.45) is 0 Å². The highest BCUT2D eigenvalue weighted by molar-refractivity contribution is 9.10. The lowest BCUT2D eigenvalue weighted by molar-refractivity contribution is 0.345. The van der Waals surface area contributed by atoms with Gasteiger partial charge in [0.25, 0.3) is 5.89 Å². The molecule has 0 radical (unpaired) electrons. The zero-order chi connectivity index (χ0) is 15.6. The molecule has 0 spiro atoms. The van der Waals surface area contributed by atoms with Gasteiger partial charge in [-0.05, 0) is 31.5 Å². The lowest BCUT2D eigenvalue weighted by Gasteiger charge is -2.22. The van der Waals surface area contributed by atoms with Crippen LogP contribution in [-0.2, 0) is 0 Å². The van der Waals surface area contributed by atoms with E-state index in [-0.39, 0.29) is 12.4 Å². The molecule has 126 valence electrons. The van der Waals surface area contributed by atoms with E-state index in [0.29, 0.717) is 23.6 Å². The Labute approximate surface area is 153 Å². The quantitative estimate of drug-likeness (QED) is 0.713. The molecule has 0 bridgehead atoms. The zero-order valence-electron chi connectivity index (χ0n) is 12.7. The van der Waals surface area contributed by atoms with Crippen molar-refractivity contribution in [1.29, 1.82) is 0 Å². The van der Waals surface area contributed by atoms with Crippen molar-refractivity contribution in [2.45, 2.75) is 18.9 Å². The molecule has 24 heavy (non-hydrogen) atoms. The van der Waals surface area contributed by atoms with Crippen LogP contribution in [0.2, 0.25) is 0 Å². The van der Waals surface area contributed by atoms with Crippen LogP contribution < -0.4 is 5.32 Å². The van der Waals surface area contributed by atoms with Crippen LogP contribution >= 0.6 is 28.3 Å². The molecule has 1 unspecified atom stereocenters. The van der Waals surface area contributed by atoms with Crippen LogP contribution in [-0.4, -0.2) is 38.0 Å². The molecule has 1 fully saturated rings. The number of aromatic nitrogens is 5. The maximum atomic E-state index is 5.32. The van der Waals surface area contributed by atoms with E-state index in [9.17, 15) is 0 Å². The molecule has 9 heteroatoms. The molecule has 0 saturated carbocycles. The van der Waals surface area contributed by atoms with Crippen molar-refractivity contribution in [3.05, 3.63) is 35.1 Å². The number of hydrogen-bond donors (Lipinski definition) is 1. The summed E-state index contributed by atoms with van der Waals surface area (Å²) in [7, 11) is 0. The molecule has 3 aromatic rings. The second kappa shape index (κ2) is 7.42. The standard InChI is InChI=1S/C15H15BrN6O.ClH/c16-11-4-1-3-10(7-11)13-19-15(23-21-13)14-18-9-22(20-14)12-5-2-6-17-8-12;/h1,3-4,7,9,12,17H,2,5-6,8H2;1H. The van der Waals surface area contributed by atoms with Crippen molar-refractivity contribution < 1.29 is 4.52 Å². The Kier molecular flexibility index (Phi) is 5.27. The summed E-state index contributed by atoms with van der Waals surface area (Å²) in [5.74, 6) is 1.32. The summed E-state index contributed by atoms with van der Waals surface area (Å²) in [5, 5.41) is 11.9. The molecule has 7 nitrogen and oxygen atoms in total. The molecule has 1 aliphatic rings. The van der Waals surface area contributed by atoms with Crippen molar-refractivity contribution in [1.82, 2.24) is 30.2 Å². The third-order valence-corrected chi connectivity index (χ3v) is 4.35. The van der Waals surface area contributed by atoms with E-state index in [1.165, 1.54) is 0 Å². The van der Waals surface area contributed by atoms with Crippen molar-refractivity contribution in [2.75, 3.05) is 13.1 Å². The van der Waals surface area contributed by atoms with Gasteiger partial charge in [-0.15, -0.1) is 17.5 Å². The Hall–Kier alpha value is -1.77. The summed E-state index contributed by atoms with van der Waals surface area (Å²) in [5.41, 5.74) is 0.880. The fourth-order valence-corrected chi connectivity index (χ4v) is 3.07. The van der Waals surface area contributed by atoms with E-state index in [1.54, 1.807) is 6.33 Å². The molecule has 3 heterocycles. The molecular formula is C15H16BrClN6O. The van der Waals surface area contributed by atoms with E-state index >= 15 is 0 Å². The Morgan fingerprint density at radius 1 is 1.29 bits per heavy atom. The fourth-order valence-electron chi connectivity index (χ4n) is 2.67. The summed E-state index contributed by atoms with van der Waals surface area (Å²) in [6.07, 6.45) is 3.98. The molecule has 4 rings (SSSR count). The van der Waals surface area contributed by atoms with Gasteiger partial charge in [0.15, 0.2) is 0 Å². The van der Waals surface area contributed by atoms with Crippen molar-refractivity contribution in [3.8, 4) is 23.1 Å². The zero-order valence-corrected chi connectivity index (χ0v) is 15.1. The Morgan fingerprint density at radius 3 is 3.00 bits per heavy atom. The number of halogens is 2. The van der Waals surface area contributed by atoms with Crippen LogP contribution in [0, 0.1) is 0 Å². The first-order chi connectivity index (χ1) is 11.3. The third kappa shape index (κ3) is 3.50. The first kappa shape index (κ1) is 17.1. The van der Waals surface area contributed by atoms with Gasteiger partial charge in [0, 0.05) is 16.6 Å². The van der Waals surface area contributed by atoms with Gasteiger partial charge in [-0.1, -0.05) is 33.2 Å². The SMILES string of the molecule is Brc1cccc(-c2noc(-c3ncn(C4CCCNC4)n3)n2)c1.Cl. The number of rotatable bonds is 3. The number of piperidine rings is 1. The molecule has 1 saturated heterocycles. The van der Waals surface area contributed by atoms with Crippen LogP contribution in [0.1, 0.15) is 18.9 Å². The maximum Gasteiger partial charge on any atom is 0.297 e. The third-order valence-electron chi connectivity index (χ3n) is 3.85. The number of nitrogens with one attached hydrogen (secondary N) is 1. The largest absolute Gasteiger partial charge is 0.330 e. The van der Waals surface area contributed by atoms with E-state index in [4.69, 9.17) is 4.52 Å². The van der Waals surface area contributed by atoms with E-state index in [1.807, 2.05) is 28.9 Å². The average Bonchev–Trinajstić information content (AvgIpc) is 3.25. The Bertz CT molecular complexity index is 814.